The quantitative estimate of drug-likeness (QED) is 0.917. The fraction of sp³-hybridized carbons (Fsp3) is 0.571. The summed E-state index contributed by atoms with van der Waals surface area (Å²) in [4.78, 5) is 13.0. The largest absolute Gasteiger partial charge is 0.338 e. The van der Waals surface area contributed by atoms with Gasteiger partial charge in [0.05, 0.1) is 5.41 Å². The van der Waals surface area contributed by atoms with E-state index in [0.717, 1.165) is 25.1 Å². The van der Waals surface area contributed by atoms with Crippen LogP contribution in [0.25, 0.3) is 11.6 Å². The Labute approximate surface area is 118 Å². The fourth-order valence-corrected chi connectivity index (χ4v) is 2.66. The Bertz CT molecular complexity index is 584. The highest BCUT2D eigenvalue weighted by Gasteiger charge is 2.43. The first-order valence-electron chi connectivity index (χ1n) is 6.96. The molecule has 1 fully saturated rings. The molecule has 3 rings (SSSR count). The van der Waals surface area contributed by atoms with E-state index in [2.05, 4.69) is 39.3 Å². The lowest BCUT2D eigenvalue weighted by molar-refractivity contribution is 0.234. The molecule has 1 aliphatic rings. The zero-order valence-electron chi connectivity index (χ0n) is 12.1. The molecule has 6 heteroatoms. The average molecular weight is 273 g/mol. The first-order valence-corrected chi connectivity index (χ1v) is 6.96. The van der Waals surface area contributed by atoms with E-state index in [-0.39, 0.29) is 5.41 Å². The predicted octanol–water partition coefficient (Wildman–Crippen LogP) is 1.72. The van der Waals surface area contributed by atoms with Gasteiger partial charge in [0, 0.05) is 18.9 Å². The molecule has 6 nitrogen and oxygen atoms in total. The number of aryl methyl sites for hydroxylation is 1. The second-order valence-corrected chi connectivity index (χ2v) is 5.74. The molecule has 106 valence electrons. The maximum Gasteiger partial charge on any atom is 0.240 e. The Morgan fingerprint density at radius 1 is 1.25 bits per heavy atom. The molecule has 3 heterocycles. The summed E-state index contributed by atoms with van der Waals surface area (Å²) in [5, 5.41) is 7.44. The van der Waals surface area contributed by atoms with Gasteiger partial charge in [0.1, 0.15) is 0 Å². The van der Waals surface area contributed by atoms with Crippen LogP contribution in [-0.4, -0.2) is 33.2 Å². The maximum absolute atomic E-state index is 5.52. The van der Waals surface area contributed by atoms with Crippen molar-refractivity contribution in [3.8, 4) is 11.6 Å². The van der Waals surface area contributed by atoms with E-state index >= 15 is 0 Å². The molecule has 2 aromatic rings. The minimum atomic E-state index is -0.0735. The minimum Gasteiger partial charge on any atom is -0.338 e. The molecule has 1 N–H and O–H groups in total. The van der Waals surface area contributed by atoms with Gasteiger partial charge in [-0.15, -0.1) is 0 Å². The third-order valence-electron chi connectivity index (χ3n) is 4.13. The molecule has 1 unspecified atom stereocenters. The topological polar surface area (TPSA) is 76.7 Å². The Morgan fingerprint density at radius 2 is 2.00 bits per heavy atom. The van der Waals surface area contributed by atoms with E-state index in [1.54, 1.807) is 12.4 Å². The molecular weight excluding hydrogens is 254 g/mol. The molecule has 0 aliphatic carbocycles. The van der Waals surface area contributed by atoms with Crippen molar-refractivity contribution in [1.29, 1.82) is 0 Å². The number of nitrogens with one attached hydrogen (secondary N) is 1. The molecule has 1 atom stereocenters. The van der Waals surface area contributed by atoms with Crippen LogP contribution in [0.3, 0.4) is 0 Å². The van der Waals surface area contributed by atoms with Crippen LogP contribution in [0.2, 0.25) is 0 Å². The van der Waals surface area contributed by atoms with Gasteiger partial charge in [-0.3, -0.25) is 0 Å². The highest BCUT2D eigenvalue weighted by atomic mass is 16.5. The molecule has 20 heavy (non-hydrogen) atoms. The van der Waals surface area contributed by atoms with Gasteiger partial charge in [-0.25, -0.2) is 9.97 Å². The van der Waals surface area contributed by atoms with E-state index in [1.807, 2.05) is 6.92 Å². The Kier molecular flexibility index (Phi) is 3.25. The van der Waals surface area contributed by atoms with Crippen LogP contribution >= 0.6 is 0 Å². The zero-order valence-corrected chi connectivity index (χ0v) is 12.1. The van der Waals surface area contributed by atoms with Crippen molar-refractivity contribution in [1.82, 2.24) is 25.4 Å². The number of hydrogen-bond donors (Lipinski definition) is 1. The van der Waals surface area contributed by atoms with Crippen molar-refractivity contribution in [2.75, 3.05) is 13.1 Å². The van der Waals surface area contributed by atoms with Gasteiger partial charge < -0.3 is 9.84 Å². The van der Waals surface area contributed by atoms with Crippen LogP contribution in [0.4, 0.5) is 0 Å². The highest BCUT2D eigenvalue weighted by molar-refractivity contribution is 5.41. The minimum absolute atomic E-state index is 0.0735. The van der Waals surface area contributed by atoms with Gasteiger partial charge in [0.2, 0.25) is 17.5 Å². The lowest BCUT2D eigenvalue weighted by Crippen LogP contribution is -2.35. The van der Waals surface area contributed by atoms with Crippen LogP contribution in [0.15, 0.2) is 16.9 Å². The lowest BCUT2D eigenvalue weighted by atomic mass is 9.76. The standard InChI is InChI=1S/C14H19N5O/c1-9(2)14(4-5-15-8-14)13-18-12(19-20-13)11-16-6-10(3)7-17-11/h6-7,9,15H,4-5,8H2,1-3H3. The number of rotatable bonds is 3. The Hall–Kier alpha value is -1.82. The van der Waals surface area contributed by atoms with Crippen LogP contribution < -0.4 is 5.32 Å². The molecule has 0 aromatic carbocycles. The molecule has 0 radical (unpaired) electrons. The third-order valence-corrected chi connectivity index (χ3v) is 4.13. The normalized spacial score (nSPS) is 22.6. The van der Waals surface area contributed by atoms with Gasteiger partial charge in [-0.2, -0.15) is 4.98 Å². The molecular formula is C14H19N5O. The van der Waals surface area contributed by atoms with E-state index < -0.39 is 0 Å². The van der Waals surface area contributed by atoms with Gasteiger partial charge in [-0.05, 0) is 31.4 Å². The molecule has 1 aliphatic heterocycles. The van der Waals surface area contributed by atoms with Crippen molar-refractivity contribution in [2.45, 2.75) is 32.6 Å². The summed E-state index contributed by atoms with van der Waals surface area (Å²) in [5.41, 5.74) is 0.937. The second-order valence-electron chi connectivity index (χ2n) is 5.74. The van der Waals surface area contributed by atoms with E-state index in [9.17, 15) is 0 Å². The Balaban J connectivity index is 1.95. The molecule has 1 saturated heterocycles. The van der Waals surface area contributed by atoms with E-state index in [1.165, 1.54) is 0 Å². The van der Waals surface area contributed by atoms with Crippen LogP contribution in [0.5, 0.6) is 0 Å². The Morgan fingerprint density at radius 3 is 2.60 bits per heavy atom. The van der Waals surface area contributed by atoms with E-state index in [4.69, 9.17) is 4.52 Å². The summed E-state index contributed by atoms with van der Waals surface area (Å²) < 4.78 is 5.52. The number of nitrogens with zero attached hydrogens (tertiary/aromatic N) is 4. The maximum atomic E-state index is 5.52. The van der Waals surface area contributed by atoms with Gasteiger partial charge in [0.25, 0.3) is 0 Å². The van der Waals surface area contributed by atoms with Crippen LogP contribution in [0.1, 0.15) is 31.7 Å². The van der Waals surface area contributed by atoms with Gasteiger partial charge >= 0.3 is 0 Å². The summed E-state index contributed by atoms with van der Waals surface area (Å²) in [5.74, 6) is 2.10. The van der Waals surface area contributed by atoms with Crippen molar-refractivity contribution in [2.24, 2.45) is 5.92 Å². The molecule has 0 amide bonds. The third kappa shape index (κ3) is 2.10. The summed E-state index contributed by atoms with van der Waals surface area (Å²) in [6, 6.07) is 0. The van der Waals surface area contributed by atoms with Crippen molar-refractivity contribution in [3.05, 3.63) is 23.8 Å². The van der Waals surface area contributed by atoms with Crippen LogP contribution in [0, 0.1) is 12.8 Å². The van der Waals surface area contributed by atoms with Crippen molar-refractivity contribution < 1.29 is 4.52 Å². The van der Waals surface area contributed by atoms with E-state index in [0.29, 0.717) is 23.5 Å². The highest BCUT2D eigenvalue weighted by Crippen LogP contribution is 2.37. The number of aromatic nitrogens is 4. The molecule has 2 aromatic heterocycles. The average Bonchev–Trinajstić information content (AvgIpc) is 3.09. The zero-order chi connectivity index (χ0) is 14.2. The van der Waals surface area contributed by atoms with Gasteiger partial charge in [0.15, 0.2) is 0 Å². The first-order chi connectivity index (χ1) is 9.62. The number of hydrogen-bond acceptors (Lipinski definition) is 6. The van der Waals surface area contributed by atoms with Gasteiger partial charge in [-0.1, -0.05) is 19.0 Å². The first kappa shape index (κ1) is 13.2. The van der Waals surface area contributed by atoms with Crippen LogP contribution in [-0.2, 0) is 5.41 Å². The molecule has 0 bridgehead atoms. The molecule has 0 spiro atoms. The summed E-state index contributed by atoms with van der Waals surface area (Å²) in [6.07, 6.45) is 4.53. The van der Waals surface area contributed by atoms with Crippen molar-refractivity contribution >= 4 is 0 Å². The second kappa shape index (κ2) is 4.94. The predicted molar refractivity (Wildman–Crippen MR) is 74.1 cm³/mol. The fourth-order valence-electron chi connectivity index (χ4n) is 2.66. The summed E-state index contributed by atoms with van der Waals surface area (Å²) >= 11 is 0. The molecule has 0 saturated carbocycles. The summed E-state index contributed by atoms with van der Waals surface area (Å²) in [7, 11) is 0. The smallest absolute Gasteiger partial charge is 0.240 e. The summed E-state index contributed by atoms with van der Waals surface area (Å²) in [6.45, 7) is 8.19. The monoisotopic (exact) mass is 273 g/mol. The lowest BCUT2D eigenvalue weighted by Gasteiger charge is -2.27. The SMILES string of the molecule is Cc1cnc(-c2noc(C3(C(C)C)CCNC3)n2)nc1. The van der Waals surface area contributed by atoms with Crippen molar-refractivity contribution in [3.63, 3.8) is 0 Å².